The van der Waals surface area contributed by atoms with E-state index in [1.807, 2.05) is 0 Å². The Morgan fingerprint density at radius 2 is 2.05 bits per heavy atom. The van der Waals surface area contributed by atoms with E-state index in [1.54, 1.807) is 0 Å². The van der Waals surface area contributed by atoms with Gasteiger partial charge in [-0.2, -0.15) is 0 Å². The first-order chi connectivity index (χ1) is 9.16. The van der Waals surface area contributed by atoms with Gasteiger partial charge in [0.2, 0.25) is 0 Å². The molecule has 0 aliphatic carbocycles. The smallest absolute Gasteiger partial charge is 0.0432 e. The molecule has 1 N–H and O–H groups in total. The summed E-state index contributed by atoms with van der Waals surface area (Å²) in [6.07, 6.45) is 7.73. The van der Waals surface area contributed by atoms with E-state index in [2.05, 4.69) is 50.4 Å². The Balaban J connectivity index is 2.26. The highest BCUT2D eigenvalue weighted by Gasteiger charge is 2.30. The largest absolute Gasteiger partial charge is 0.307 e. The molecule has 0 spiro atoms. The van der Waals surface area contributed by atoms with Crippen molar-refractivity contribution in [1.82, 2.24) is 5.32 Å². The van der Waals surface area contributed by atoms with Crippen molar-refractivity contribution in [2.45, 2.75) is 64.8 Å². The van der Waals surface area contributed by atoms with Crippen LogP contribution in [0.5, 0.6) is 0 Å². The number of hydrogen-bond acceptors (Lipinski definition) is 1. The Morgan fingerprint density at radius 1 is 1.21 bits per heavy atom. The number of rotatable bonds is 4. The molecule has 106 valence electrons. The van der Waals surface area contributed by atoms with Crippen LogP contribution in [0, 0.1) is 5.92 Å². The highest BCUT2D eigenvalue weighted by Crippen LogP contribution is 2.33. The van der Waals surface area contributed by atoms with E-state index in [0.29, 0.717) is 0 Å². The predicted molar refractivity (Wildman–Crippen MR) is 83.4 cm³/mol. The summed E-state index contributed by atoms with van der Waals surface area (Å²) in [4.78, 5) is 0. The molecule has 19 heavy (non-hydrogen) atoms. The zero-order valence-electron chi connectivity index (χ0n) is 12.8. The Labute approximate surface area is 118 Å². The van der Waals surface area contributed by atoms with Crippen LogP contribution in [-0.4, -0.2) is 6.54 Å². The summed E-state index contributed by atoms with van der Waals surface area (Å²) in [5.74, 6) is 0.731. The van der Waals surface area contributed by atoms with Gasteiger partial charge in [-0.05, 0) is 49.3 Å². The fourth-order valence-corrected chi connectivity index (χ4v) is 3.36. The lowest BCUT2D eigenvalue weighted by atomic mass is 9.82. The summed E-state index contributed by atoms with van der Waals surface area (Å²) in [6.45, 7) is 8.09. The van der Waals surface area contributed by atoms with Gasteiger partial charge in [0.25, 0.3) is 0 Å². The van der Waals surface area contributed by atoms with Crippen molar-refractivity contribution >= 4 is 0 Å². The van der Waals surface area contributed by atoms with E-state index < -0.39 is 0 Å². The van der Waals surface area contributed by atoms with Crippen molar-refractivity contribution in [2.24, 2.45) is 5.92 Å². The molecule has 1 unspecified atom stereocenters. The van der Waals surface area contributed by atoms with E-state index >= 15 is 0 Å². The standard InChI is InChI=1S/C18H29N/c1-4-18(11-6-5-7-12-19-18)17-10-8-9-16(14-17)13-15(2)3/h8-10,14-15,19H,4-7,11-13H2,1-3H3. The van der Waals surface area contributed by atoms with Crippen LogP contribution < -0.4 is 5.32 Å². The van der Waals surface area contributed by atoms with Crippen molar-refractivity contribution in [2.75, 3.05) is 6.54 Å². The molecule has 1 heteroatoms. The summed E-state index contributed by atoms with van der Waals surface area (Å²) >= 11 is 0. The van der Waals surface area contributed by atoms with Crippen molar-refractivity contribution in [3.63, 3.8) is 0 Å². The zero-order chi connectivity index (χ0) is 13.7. The summed E-state index contributed by atoms with van der Waals surface area (Å²) in [6, 6.07) is 9.30. The maximum Gasteiger partial charge on any atom is 0.0432 e. The third-order valence-corrected chi connectivity index (χ3v) is 4.47. The molecule has 0 bridgehead atoms. The van der Waals surface area contributed by atoms with Gasteiger partial charge in [-0.15, -0.1) is 0 Å². The van der Waals surface area contributed by atoms with Crippen LogP contribution >= 0.6 is 0 Å². The molecular weight excluding hydrogens is 230 g/mol. The monoisotopic (exact) mass is 259 g/mol. The second kappa shape index (κ2) is 6.56. The third kappa shape index (κ3) is 3.60. The van der Waals surface area contributed by atoms with Gasteiger partial charge in [-0.25, -0.2) is 0 Å². The minimum atomic E-state index is 0.226. The predicted octanol–water partition coefficient (Wildman–Crippen LogP) is 4.65. The van der Waals surface area contributed by atoms with Crippen molar-refractivity contribution in [3.8, 4) is 0 Å². The molecule has 1 heterocycles. The molecule has 0 aromatic heterocycles. The van der Waals surface area contributed by atoms with Crippen molar-refractivity contribution in [3.05, 3.63) is 35.4 Å². The molecule has 1 nitrogen and oxygen atoms in total. The molecule has 0 saturated carbocycles. The molecule has 0 radical (unpaired) electrons. The van der Waals surface area contributed by atoms with Crippen LogP contribution in [0.4, 0.5) is 0 Å². The molecule has 1 aromatic rings. The average Bonchev–Trinajstić information content (AvgIpc) is 2.64. The lowest BCUT2D eigenvalue weighted by Gasteiger charge is -2.34. The highest BCUT2D eigenvalue weighted by molar-refractivity contribution is 5.30. The average molecular weight is 259 g/mol. The minimum absolute atomic E-state index is 0.226. The van der Waals surface area contributed by atoms with Gasteiger partial charge in [0.15, 0.2) is 0 Å². The molecule has 1 saturated heterocycles. The number of hydrogen-bond donors (Lipinski definition) is 1. The first kappa shape index (κ1) is 14.6. The van der Waals surface area contributed by atoms with Gasteiger partial charge in [-0.3, -0.25) is 0 Å². The van der Waals surface area contributed by atoms with Gasteiger partial charge in [0.1, 0.15) is 0 Å². The fraction of sp³-hybridized carbons (Fsp3) is 0.667. The van der Waals surface area contributed by atoms with Gasteiger partial charge >= 0.3 is 0 Å². The maximum atomic E-state index is 3.84. The summed E-state index contributed by atoms with van der Waals surface area (Å²) in [7, 11) is 0. The second-order valence-electron chi connectivity index (χ2n) is 6.47. The molecule has 1 aliphatic heterocycles. The normalized spacial score (nSPS) is 24.4. The topological polar surface area (TPSA) is 12.0 Å². The van der Waals surface area contributed by atoms with Crippen LogP contribution in [0.2, 0.25) is 0 Å². The van der Waals surface area contributed by atoms with Crippen LogP contribution in [0.3, 0.4) is 0 Å². The molecule has 1 aromatic carbocycles. The Morgan fingerprint density at radius 3 is 2.79 bits per heavy atom. The van der Waals surface area contributed by atoms with Crippen LogP contribution in [0.1, 0.15) is 64.0 Å². The quantitative estimate of drug-likeness (QED) is 0.829. The van der Waals surface area contributed by atoms with Gasteiger partial charge < -0.3 is 5.32 Å². The Bertz CT molecular complexity index is 386. The summed E-state index contributed by atoms with van der Waals surface area (Å²) in [5, 5.41) is 3.84. The first-order valence-corrected chi connectivity index (χ1v) is 8.01. The first-order valence-electron chi connectivity index (χ1n) is 8.01. The fourth-order valence-electron chi connectivity index (χ4n) is 3.36. The van der Waals surface area contributed by atoms with Gasteiger partial charge in [0, 0.05) is 5.54 Å². The zero-order valence-corrected chi connectivity index (χ0v) is 12.8. The molecule has 2 rings (SSSR count). The molecule has 0 amide bonds. The summed E-state index contributed by atoms with van der Waals surface area (Å²) < 4.78 is 0. The number of benzene rings is 1. The van der Waals surface area contributed by atoms with E-state index in [9.17, 15) is 0 Å². The highest BCUT2D eigenvalue weighted by atomic mass is 15.0. The molecular formula is C18H29N. The minimum Gasteiger partial charge on any atom is -0.307 e. The Hall–Kier alpha value is -0.820. The van der Waals surface area contributed by atoms with Gasteiger partial charge in [0.05, 0.1) is 0 Å². The van der Waals surface area contributed by atoms with E-state index in [1.165, 1.54) is 56.2 Å². The molecule has 1 fully saturated rings. The van der Waals surface area contributed by atoms with Crippen molar-refractivity contribution < 1.29 is 0 Å². The van der Waals surface area contributed by atoms with Gasteiger partial charge in [-0.1, -0.05) is 57.9 Å². The van der Waals surface area contributed by atoms with E-state index in [0.717, 1.165) is 5.92 Å². The van der Waals surface area contributed by atoms with Crippen LogP contribution in [0.15, 0.2) is 24.3 Å². The summed E-state index contributed by atoms with van der Waals surface area (Å²) in [5.41, 5.74) is 3.23. The number of nitrogens with one attached hydrogen (secondary N) is 1. The van der Waals surface area contributed by atoms with E-state index in [-0.39, 0.29) is 5.54 Å². The van der Waals surface area contributed by atoms with Crippen molar-refractivity contribution in [1.29, 1.82) is 0 Å². The SMILES string of the molecule is CCC1(c2cccc(CC(C)C)c2)CCCCCN1. The lowest BCUT2D eigenvalue weighted by Crippen LogP contribution is -2.41. The lowest BCUT2D eigenvalue weighted by molar-refractivity contribution is 0.312. The van der Waals surface area contributed by atoms with Crippen LogP contribution in [0.25, 0.3) is 0 Å². The molecule has 1 aliphatic rings. The third-order valence-electron chi connectivity index (χ3n) is 4.47. The maximum absolute atomic E-state index is 3.84. The Kier molecular flexibility index (Phi) is 5.04. The molecule has 1 atom stereocenters. The van der Waals surface area contributed by atoms with Crippen LogP contribution in [-0.2, 0) is 12.0 Å². The van der Waals surface area contributed by atoms with E-state index in [4.69, 9.17) is 0 Å². The second-order valence-corrected chi connectivity index (χ2v) is 6.47.